The molecule has 230 valence electrons. The van der Waals surface area contributed by atoms with Gasteiger partial charge in [0.05, 0.1) is 0 Å². The number of hydrogen-bond donors (Lipinski definition) is 0. The van der Waals surface area contributed by atoms with Crippen LogP contribution >= 0.6 is 0 Å². The summed E-state index contributed by atoms with van der Waals surface area (Å²) < 4.78 is 4.44. The first-order chi connectivity index (χ1) is 20.9. The predicted octanol–water partition coefficient (Wildman–Crippen LogP) is 10.6. The van der Waals surface area contributed by atoms with Gasteiger partial charge < -0.3 is 4.98 Å². The second-order valence-electron chi connectivity index (χ2n) is 12.8. The van der Waals surface area contributed by atoms with E-state index in [-0.39, 0.29) is 22.4 Å². The summed E-state index contributed by atoms with van der Waals surface area (Å²) in [6, 6.07) is 30.1. The van der Waals surface area contributed by atoms with Gasteiger partial charge in [0.2, 0.25) is 11.4 Å². The zero-order valence-electron chi connectivity index (χ0n) is 28.1. The second-order valence-corrected chi connectivity index (χ2v) is 12.8. The molecular weight excluding hydrogens is 731 g/mol. The van der Waals surface area contributed by atoms with Gasteiger partial charge in [-0.1, -0.05) is 69.8 Å². The minimum atomic E-state index is 0. The molecule has 5 aromatic carbocycles. The zero-order valence-corrected chi connectivity index (χ0v) is 30.2. The molecule has 0 unspecified atom stereocenters. The summed E-state index contributed by atoms with van der Waals surface area (Å²) >= 11 is 0. The molecule has 0 N–H and O–H groups in total. The van der Waals surface area contributed by atoms with E-state index in [1.165, 1.54) is 89.2 Å². The van der Waals surface area contributed by atoms with Gasteiger partial charge in [-0.25, -0.2) is 0 Å². The van der Waals surface area contributed by atoms with Gasteiger partial charge >= 0.3 is 28.4 Å². The molecule has 0 radical (unpaired) electrons. The molecule has 0 fully saturated rings. The average Bonchev–Trinajstić information content (AvgIpc) is 3.48. The van der Waals surface area contributed by atoms with E-state index in [4.69, 9.17) is 4.98 Å². The number of nitrogens with zero attached hydrogens (tertiary/aromatic N) is 3. The fourth-order valence-corrected chi connectivity index (χ4v) is 7.18. The van der Waals surface area contributed by atoms with Crippen LogP contribution < -0.4 is 14.1 Å². The second kappa shape index (κ2) is 12.4. The van der Waals surface area contributed by atoms with E-state index in [0.29, 0.717) is 0 Å². The molecule has 1 aliphatic heterocycles. The van der Waals surface area contributed by atoms with Crippen LogP contribution in [0.1, 0.15) is 55.6 Å². The molecule has 0 bridgehead atoms. The van der Waals surface area contributed by atoms with Crippen LogP contribution in [0.15, 0.2) is 72.8 Å². The van der Waals surface area contributed by atoms with Crippen molar-refractivity contribution in [1.29, 1.82) is 0 Å². The van der Waals surface area contributed by atoms with Crippen molar-refractivity contribution in [2.75, 3.05) is 0 Å². The minimum absolute atomic E-state index is 0. The molecule has 45 heavy (non-hydrogen) atoms. The van der Waals surface area contributed by atoms with Crippen molar-refractivity contribution in [3.05, 3.63) is 128 Å². The number of aryl methyl sites for hydroxylation is 10. The summed E-state index contributed by atoms with van der Waals surface area (Å²) in [5.41, 5.74) is 19.9. The Morgan fingerprint density at radius 3 is 1.11 bits per heavy atom. The van der Waals surface area contributed by atoms with Gasteiger partial charge in [0.1, 0.15) is 0 Å². The molecule has 6 aromatic rings. The topological polar surface area (TPSA) is 20.1 Å². The summed E-state index contributed by atoms with van der Waals surface area (Å²) in [7, 11) is 0. The van der Waals surface area contributed by atoms with Crippen molar-refractivity contribution in [2.45, 2.75) is 69.2 Å². The Labute approximate surface area is 283 Å². The maximum Gasteiger partial charge on any atom is 1.00 e. The van der Waals surface area contributed by atoms with Crippen LogP contribution in [0.2, 0.25) is 0 Å². The van der Waals surface area contributed by atoms with Gasteiger partial charge in [0.25, 0.3) is 11.4 Å². The molecule has 7 rings (SSSR count). The van der Waals surface area contributed by atoms with Gasteiger partial charge in [0.15, 0.2) is 0 Å². The van der Waals surface area contributed by atoms with Gasteiger partial charge in [-0.2, -0.15) is 0 Å². The van der Waals surface area contributed by atoms with Gasteiger partial charge in [-0.15, -0.1) is 11.0 Å². The quantitative estimate of drug-likeness (QED) is 0.127. The van der Waals surface area contributed by atoms with Crippen LogP contribution in [0.3, 0.4) is 0 Å². The minimum Gasteiger partial charge on any atom is -0.656 e. The molecular formula is C41H42AuN3+2. The van der Waals surface area contributed by atoms with Crippen molar-refractivity contribution in [1.82, 2.24) is 14.1 Å². The predicted molar refractivity (Wildman–Crippen MR) is 189 cm³/mol. The Morgan fingerprint density at radius 2 is 0.756 bits per heavy atom. The smallest absolute Gasteiger partial charge is 0.656 e. The Kier molecular flexibility index (Phi) is 8.95. The zero-order chi connectivity index (χ0) is 31.4. The molecule has 3 nitrogen and oxygen atoms in total. The number of fused-ring (bicyclic) bond motifs is 4. The maximum atomic E-state index is 4.80. The Hall–Kier alpha value is -3.98. The first kappa shape index (κ1) is 32.4. The first-order valence-electron chi connectivity index (χ1n) is 15.5. The third-order valence-electron chi connectivity index (χ3n) is 8.68. The Morgan fingerprint density at radius 1 is 0.444 bits per heavy atom. The molecule has 0 atom stereocenters. The molecule has 0 amide bonds. The molecule has 4 heteroatoms. The van der Waals surface area contributed by atoms with E-state index in [0.717, 1.165) is 11.0 Å². The van der Waals surface area contributed by atoms with E-state index in [1.54, 1.807) is 0 Å². The van der Waals surface area contributed by atoms with E-state index in [1.807, 2.05) is 0 Å². The standard InChI is InChI=1S/C25H26N2.C16H16N.Au/c1-16-11-18(3)24(19(4)12-16)26-15-27(23-10-8-7-9-22(23)26)25-20(5)13-17(2)14-21(25)6;1-9-5-11(3)15-13(7-9)14-8-10(2)6-12(4)16(14)17-15;/h7-14H,1-6H3;5-8H,1-4H3;/q+2;-1;+1. The first-order valence-corrected chi connectivity index (χ1v) is 15.5. The number of para-hydroxylation sites is 2. The molecule has 0 saturated heterocycles. The molecule has 0 spiro atoms. The summed E-state index contributed by atoms with van der Waals surface area (Å²) in [5.74, 6) is 0. The summed E-state index contributed by atoms with van der Waals surface area (Å²) in [4.78, 5) is 4.80. The van der Waals surface area contributed by atoms with Crippen molar-refractivity contribution >= 4 is 50.6 Å². The van der Waals surface area contributed by atoms with E-state index >= 15 is 0 Å². The number of hydrogen-bond acceptors (Lipinski definition) is 0. The summed E-state index contributed by atoms with van der Waals surface area (Å²) in [5, 5.41) is 2.59. The van der Waals surface area contributed by atoms with E-state index in [2.05, 4.69) is 157 Å². The van der Waals surface area contributed by atoms with Crippen LogP contribution in [-0.2, 0) is 22.4 Å². The third kappa shape index (κ3) is 5.90. The maximum absolute atomic E-state index is 4.80. The van der Waals surface area contributed by atoms with Crippen LogP contribution in [0.4, 0.5) is 22.7 Å². The largest absolute Gasteiger partial charge is 1.00 e. The summed E-state index contributed by atoms with van der Waals surface area (Å²) in [6.45, 7) is 21.6. The van der Waals surface area contributed by atoms with E-state index in [9.17, 15) is 0 Å². The fourth-order valence-electron chi connectivity index (χ4n) is 7.18. The summed E-state index contributed by atoms with van der Waals surface area (Å²) in [6.07, 6.45) is 0. The van der Waals surface area contributed by atoms with Crippen molar-refractivity contribution in [2.24, 2.45) is 0 Å². The molecule has 1 aromatic heterocycles. The monoisotopic (exact) mass is 773 g/mol. The number of aromatic nitrogens is 1. The van der Waals surface area contributed by atoms with Crippen molar-refractivity contribution < 1.29 is 22.4 Å². The fraction of sp³-hybridized carbons (Fsp3) is 0.244. The van der Waals surface area contributed by atoms with Crippen LogP contribution in [0, 0.1) is 69.2 Å². The molecule has 2 heterocycles. The van der Waals surface area contributed by atoms with E-state index < -0.39 is 0 Å². The molecule has 1 aliphatic rings. The Balaban J connectivity index is 0.000000192. The average molecular weight is 774 g/mol. The third-order valence-corrected chi connectivity index (χ3v) is 8.68. The normalized spacial score (nSPS) is 12.0. The number of rotatable bonds is 2. The molecule has 0 aliphatic carbocycles. The molecule has 0 saturated carbocycles. The SMILES string of the molecule is Cc1cc(C)c([N+]2=C=[N+](c3c(C)cc(C)cc3C)c3ccccc32)c(C)c1.Cc1cc(C)c2[n-]c3c(C)cc(C)cc3c2c1.[Au+]. The van der Waals surface area contributed by atoms with Crippen molar-refractivity contribution in [3.63, 3.8) is 0 Å². The van der Waals surface area contributed by atoms with Gasteiger partial charge in [-0.3, -0.25) is 0 Å². The van der Waals surface area contributed by atoms with Gasteiger partial charge in [0, 0.05) is 34.4 Å². The number of benzene rings is 5. The van der Waals surface area contributed by atoms with Crippen LogP contribution in [0.25, 0.3) is 21.8 Å². The van der Waals surface area contributed by atoms with Crippen LogP contribution in [0.5, 0.6) is 0 Å². The Bertz CT molecular complexity index is 2010. The van der Waals surface area contributed by atoms with Crippen LogP contribution in [-0.4, -0.2) is 6.01 Å². The van der Waals surface area contributed by atoms with Gasteiger partial charge in [-0.05, 0) is 113 Å². The van der Waals surface area contributed by atoms with Crippen molar-refractivity contribution in [3.8, 4) is 0 Å².